The van der Waals surface area contributed by atoms with Gasteiger partial charge in [0.25, 0.3) is 0 Å². The van der Waals surface area contributed by atoms with Crippen LogP contribution >= 0.6 is 23.2 Å². The highest BCUT2D eigenvalue weighted by Gasteiger charge is 2.29. The van der Waals surface area contributed by atoms with E-state index in [0.29, 0.717) is 29.4 Å². The van der Waals surface area contributed by atoms with Gasteiger partial charge in [0.2, 0.25) is 11.8 Å². The number of hydrogen-bond acceptors (Lipinski definition) is 2. The maximum atomic E-state index is 13.2. The van der Waals surface area contributed by atoms with Crippen molar-refractivity contribution >= 4 is 35.0 Å². The van der Waals surface area contributed by atoms with Crippen molar-refractivity contribution in [2.24, 2.45) is 0 Å². The van der Waals surface area contributed by atoms with E-state index in [2.05, 4.69) is 5.32 Å². The lowest BCUT2D eigenvalue weighted by Gasteiger charge is -2.31. The van der Waals surface area contributed by atoms with Gasteiger partial charge in [0, 0.05) is 29.1 Å². The van der Waals surface area contributed by atoms with Crippen molar-refractivity contribution in [1.82, 2.24) is 10.2 Å². The van der Waals surface area contributed by atoms with Crippen LogP contribution in [0.2, 0.25) is 10.0 Å². The normalized spacial score (nSPS) is 12.8. The molecule has 1 N–H and O–H groups in total. The summed E-state index contributed by atoms with van der Waals surface area (Å²) in [4.78, 5) is 27.8. The first-order chi connectivity index (χ1) is 14.3. The van der Waals surface area contributed by atoms with Crippen LogP contribution in [0.5, 0.6) is 0 Å². The van der Waals surface area contributed by atoms with Crippen molar-refractivity contribution in [3.8, 4) is 0 Å². The average molecular weight is 449 g/mol. The second-order valence-corrected chi connectivity index (χ2v) is 8.33. The number of aryl methyl sites for hydroxylation is 1. The molecular formula is C24H30Cl2N2O2. The molecule has 4 nitrogen and oxygen atoms in total. The molecule has 2 atom stereocenters. The van der Waals surface area contributed by atoms with Crippen LogP contribution < -0.4 is 5.32 Å². The Labute approximate surface area is 189 Å². The highest BCUT2D eigenvalue weighted by molar-refractivity contribution is 6.31. The van der Waals surface area contributed by atoms with Crippen LogP contribution in [0.25, 0.3) is 0 Å². The molecular weight excluding hydrogens is 419 g/mol. The molecule has 0 saturated carbocycles. The molecule has 6 heteroatoms. The van der Waals surface area contributed by atoms with E-state index in [1.165, 1.54) is 0 Å². The van der Waals surface area contributed by atoms with Gasteiger partial charge in [-0.15, -0.1) is 0 Å². The van der Waals surface area contributed by atoms with E-state index in [9.17, 15) is 9.59 Å². The van der Waals surface area contributed by atoms with Crippen molar-refractivity contribution in [3.05, 3.63) is 69.7 Å². The molecule has 0 unspecified atom stereocenters. The first-order valence-corrected chi connectivity index (χ1v) is 11.2. The summed E-state index contributed by atoms with van der Waals surface area (Å²) in [6.45, 7) is 6.27. The van der Waals surface area contributed by atoms with Crippen LogP contribution in [-0.2, 0) is 22.6 Å². The first-order valence-electron chi connectivity index (χ1n) is 10.4. The molecule has 2 amide bonds. The maximum Gasteiger partial charge on any atom is 0.243 e. The van der Waals surface area contributed by atoms with Crippen molar-refractivity contribution in [3.63, 3.8) is 0 Å². The van der Waals surface area contributed by atoms with Crippen molar-refractivity contribution in [2.45, 2.75) is 65.1 Å². The largest absolute Gasteiger partial charge is 0.352 e. The van der Waals surface area contributed by atoms with Gasteiger partial charge in [-0.05, 0) is 55.5 Å². The first kappa shape index (κ1) is 24.2. The molecule has 2 aromatic rings. The molecule has 0 radical (unpaired) electrons. The van der Waals surface area contributed by atoms with E-state index < -0.39 is 6.04 Å². The third kappa shape index (κ3) is 7.03. The maximum absolute atomic E-state index is 13.2. The van der Waals surface area contributed by atoms with Gasteiger partial charge in [-0.1, -0.05) is 67.4 Å². The number of carbonyl (C=O) groups excluding carboxylic acids is 2. The Balaban J connectivity index is 2.21. The second kappa shape index (κ2) is 12.0. The number of halogens is 2. The highest BCUT2D eigenvalue weighted by atomic mass is 35.5. The van der Waals surface area contributed by atoms with Crippen molar-refractivity contribution in [1.29, 1.82) is 0 Å². The van der Waals surface area contributed by atoms with E-state index in [1.54, 1.807) is 17.0 Å². The molecule has 162 valence electrons. The van der Waals surface area contributed by atoms with Gasteiger partial charge in [-0.25, -0.2) is 0 Å². The highest BCUT2D eigenvalue weighted by Crippen LogP contribution is 2.20. The fourth-order valence-corrected chi connectivity index (χ4v) is 3.59. The number of nitrogens with zero attached hydrogens (tertiary/aromatic N) is 1. The van der Waals surface area contributed by atoms with Crippen LogP contribution in [0.4, 0.5) is 0 Å². The zero-order valence-electron chi connectivity index (χ0n) is 17.8. The lowest BCUT2D eigenvalue weighted by molar-refractivity contribution is -0.141. The van der Waals surface area contributed by atoms with E-state index in [-0.39, 0.29) is 24.3 Å². The summed E-state index contributed by atoms with van der Waals surface area (Å²) < 4.78 is 0. The summed E-state index contributed by atoms with van der Waals surface area (Å²) >= 11 is 12.2. The minimum absolute atomic E-state index is 0.0576. The van der Waals surface area contributed by atoms with Gasteiger partial charge < -0.3 is 10.2 Å². The quantitative estimate of drug-likeness (QED) is 0.510. The van der Waals surface area contributed by atoms with Gasteiger partial charge in [0.15, 0.2) is 0 Å². The van der Waals surface area contributed by atoms with Gasteiger partial charge in [0.05, 0.1) is 0 Å². The molecule has 2 aromatic carbocycles. The van der Waals surface area contributed by atoms with Gasteiger partial charge in [-0.2, -0.15) is 0 Å². The van der Waals surface area contributed by atoms with E-state index >= 15 is 0 Å². The summed E-state index contributed by atoms with van der Waals surface area (Å²) in [5.74, 6) is -0.192. The molecule has 0 bridgehead atoms. The molecule has 30 heavy (non-hydrogen) atoms. The Morgan fingerprint density at radius 2 is 1.67 bits per heavy atom. The van der Waals surface area contributed by atoms with E-state index in [0.717, 1.165) is 17.5 Å². The predicted octanol–water partition coefficient (Wildman–Crippen LogP) is 5.65. The second-order valence-electron chi connectivity index (χ2n) is 7.48. The standard InChI is InChI=1S/C24H30Cl2N2O2/c1-4-17(3)27-24(30)22(5-2)28(16-18-10-13-20(25)14-11-18)23(29)15-12-19-8-6-7-9-21(19)26/h6-11,13-14,17,22H,4-5,12,15-16H2,1-3H3,(H,27,30)/t17-,22+/m1/s1. The Morgan fingerprint density at radius 1 is 1.00 bits per heavy atom. The van der Waals surface area contributed by atoms with Crippen LogP contribution in [0.3, 0.4) is 0 Å². The lowest BCUT2D eigenvalue weighted by atomic mass is 10.1. The van der Waals surface area contributed by atoms with Crippen LogP contribution in [0.1, 0.15) is 51.2 Å². The number of rotatable bonds is 10. The molecule has 0 aliphatic heterocycles. The number of nitrogens with one attached hydrogen (secondary N) is 1. The van der Waals surface area contributed by atoms with Crippen molar-refractivity contribution in [2.75, 3.05) is 0 Å². The summed E-state index contributed by atoms with van der Waals surface area (Å²) in [6.07, 6.45) is 2.18. The van der Waals surface area contributed by atoms with E-state index in [4.69, 9.17) is 23.2 Å². The molecule has 0 fully saturated rings. The number of carbonyl (C=O) groups is 2. The zero-order chi connectivity index (χ0) is 22.1. The molecule has 0 aliphatic carbocycles. The van der Waals surface area contributed by atoms with Gasteiger partial charge >= 0.3 is 0 Å². The van der Waals surface area contributed by atoms with Crippen molar-refractivity contribution < 1.29 is 9.59 Å². The molecule has 2 rings (SSSR count). The number of hydrogen-bond donors (Lipinski definition) is 1. The van der Waals surface area contributed by atoms with Crippen LogP contribution in [-0.4, -0.2) is 28.8 Å². The predicted molar refractivity (Wildman–Crippen MR) is 124 cm³/mol. The minimum Gasteiger partial charge on any atom is -0.352 e. The fraction of sp³-hybridized carbons (Fsp3) is 0.417. The summed E-state index contributed by atoms with van der Waals surface area (Å²) in [5.41, 5.74) is 1.86. The van der Waals surface area contributed by atoms with E-state index in [1.807, 2.05) is 57.2 Å². The Bertz CT molecular complexity index is 839. The smallest absolute Gasteiger partial charge is 0.243 e. The topological polar surface area (TPSA) is 49.4 Å². The third-order valence-corrected chi connectivity index (χ3v) is 5.84. The number of benzene rings is 2. The fourth-order valence-electron chi connectivity index (χ4n) is 3.23. The molecule has 0 heterocycles. The Hall–Kier alpha value is -2.04. The Morgan fingerprint density at radius 3 is 2.27 bits per heavy atom. The molecule has 0 aliphatic rings. The van der Waals surface area contributed by atoms with Gasteiger partial charge in [-0.3, -0.25) is 9.59 Å². The summed E-state index contributed by atoms with van der Waals surface area (Å²) in [6, 6.07) is 14.4. The van der Waals surface area contributed by atoms with Crippen LogP contribution in [0.15, 0.2) is 48.5 Å². The van der Waals surface area contributed by atoms with Gasteiger partial charge in [0.1, 0.15) is 6.04 Å². The number of amides is 2. The zero-order valence-corrected chi connectivity index (χ0v) is 19.3. The SMILES string of the molecule is CC[C@@H](C)NC(=O)[C@H](CC)N(Cc1ccc(Cl)cc1)C(=O)CCc1ccccc1Cl. The Kier molecular flexibility index (Phi) is 9.67. The average Bonchev–Trinajstić information content (AvgIpc) is 2.74. The third-order valence-electron chi connectivity index (χ3n) is 5.22. The summed E-state index contributed by atoms with van der Waals surface area (Å²) in [7, 11) is 0. The monoisotopic (exact) mass is 448 g/mol. The molecule has 0 aromatic heterocycles. The summed E-state index contributed by atoms with van der Waals surface area (Å²) in [5, 5.41) is 4.30. The molecule has 0 spiro atoms. The van der Waals surface area contributed by atoms with Crippen LogP contribution in [0, 0.1) is 0 Å². The molecule has 0 saturated heterocycles. The lowest BCUT2D eigenvalue weighted by Crippen LogP contribution is -2.50. The minimum atomic E-state index is -0.534.